The third-order valence-electron chi connectivity index (χ3n) is 4.52. The summed E-state index contributed by atoms with van der Waals surface area (Å²) >= 11 is 6.49. The Morgan fingerprint density at radius 3 is 2.57 bits per heavy atom. The molecule has 1 aromatic heterocycles. The summed E-state index contributed by atoms with van der Waals surface area (Å²) in [5.74, 6) is 0.594. The molecule has 0 N–H and O–H groups in total. The Morgan fingerprint density at radius 1 is 1.11 bits per heavy atom. The lowest BCUT2D eigenvalue weighted by atomic mass is 9.95. The van der Waals surface area contributed by atoms with E-state index in [1.165, 1.54) is 0 Å². The van der Waals surface area contributed by atoms with E-state index < -0.39 is 0 Å². The summed E-state index contributed by atoms with van der Waals surface area (Å²) in [7, 11) is 1.61. The fourth-order valence-corrected chi connectivity index (χ4v) is 3.50. The zero-order valence-corrected chi connectivity index (χ0v) is 16.8. The number of hydrogen-bond acceptors (Lipinski definition) is 4. The molecule has 0 bridgehead atoms. The van der Waals surface area contributed by atoms with Crippen molar-refractivity contribution in [1.29, 1.82) is 5.26 Å². The van der Waals surface area contributed by atoms with Crippen LogP contribution in [0.3, 0.4) is 0 Å². The Kier molecular flexibility index (Phi) is 6.76. The van der Waals surface area contributed by atoms with Crippen LogP contribution in [0.5, 0.6) is 0 Å². The summed E-state index contributed by atoms with van der Waals surface area (Å²) in [6.45, 7) is 2.44. The van der Waals surface area contributed by atoms with E-state index in [1.807, 2.05) is 48.5 Å². The zero-order valence-electron chi connectivity index (χ0n) is 16.1. The molecule has 1 heterocycles. The molecule has 0 aliphatic rings. The maximum atomic E-state index is 9.64. The highest BCUT2D eigenvalue weighted by Crippen LogP contribution is 2.27. The Bertz CT molecular complexity index is 997. The van der Waals surface area contributed by atoms with Crippen molar-refractivity contribution >= 4 is 11.6 Å². The predicted molar refractivity (Wildman–Crippen MR) is 111 cm³/mol. The fraction of sp³-hybridized carbons (Fsp3) is 0.261. The van der Waals surface area contributed by atoms with Crippen LogP contribution in [-0.2, 0) is 24.2 Å². The minimum Gasteiger partial charge on any atom is -0.377 e. The van der Waals surface area contributed by atoms with E-state index in [4.69, 9.17) is 16.3 Å². The van der Waals surface area contributed by atoms with E-state index in [0.717, 1.165) is 40.8 Å². The average Bonchev–Trinajstić information content (AvgIpc) is 2.71. The van der Waals surface area contributed by atoms with Crippen molar-refractivity contribution in [2.24, 2.45) is 0 Å². The van der Waals surface area contributed by atoms with Crippen LogP contribution in [0.4, 0.5) is 0 Å². The van der Waals surface area contributed by atoms with Gasteiger partial charge in [-0.2, -0.15) is 5.26 Å². The van der Waals surface area contributed by atoms with Crippen LogP contribution in [0.15, 0.2) is 48.5 Å². The van der Waals surface area contributed by atoms with E-state index in [9.17, 15) is 5.26 Å². The van der Waals surface area contributed by atoms with Crippen molar-refractivity contribution in [3.05, 3.63) is 81.9 Å². The normalized spacial score (nSPS) is 10.6. The number of halogens is 1. The van der Waals surface area contributed by atoms with Gasteiger partial charge in [-0.25, -0.2) is 9.97 Å². The number of ether oxygens (including phenoxy) is 1. The van der Waals surface area contributed by atoms with Crippen molar-refractivity contribution in [2.75, 3.05) is 7.11 Å². The van der Waals surface area contributed by atoms with Gasteiger partial charge in [0.05, 0.1) is 11.6 Å². The van der Waals surface area contributed by atoms with Gasteiger partial charge in [0, 0.05) is 24.8 Å². The van der Waals surface area contributed by atoms with Crippen molar-refractivity contribution in [3.8, 4) is 17.2 Å². The van der Waals surface area contributed by atoms with Crippen LogP contribution in [0.2, 0.25) is 5.15 Å². The molecule has 0 amide bonds. The molecule has 28 heavy (non-hydrogen) atoms. The number of rotatable bonds is 7. The molecular weight excluding hydrogens is 370 g/mol. The number of nitrogens with zero attached hydrogens (tertiary/aromatic N) is 3. The van der Waals surface area contributed by atoms with Gasteiger partial charge in [-0.1, -0.05) is 67.4 Å². The van der Waals surface area contributed by atoms with Crippen molar-refractivity contribution in [1.82, 2.24) is 9.97 Å². The Balaban J connectivity index is 1.97. The van der Waals surface area contributed by atoms with Crippen LogP contribution in [-0.4, -0.2) is 17.1 Å². The van der Waals surface area contributed by atoms with E-state index in [2.05, 4.69) is 23.0 Å². The van der Waals surface area contributed by atoms with E-state index in [1.54, 1.807) is 7.11 Å². The maximum Gasteiger partial charge on any atom is 0.155 e. The van der Waals surface area contributed by atoms with Gasteiger partial charge in [0.15, 0.2) is 5.82 Å². The highest BCUT2D eigenvalue weighted by atomic mass is 35.5. The van der Waals surface area contributed by atoms with Gasteiger partial charge in [0.1, 0.15) is 11.8 Å². The van der Waals surface area contributed by atoms with Crippen molar-refractivity contribution < 1.29 is 4.74 Å². The van der Waals surface area contributed by atoms with Crippen molar-refractivity contribution in [3.63, 3.8) is 0 Å². The lowest BCUT2D eigenvalue weighted by molar-refractivity contribution is 0.177. The summed E-state index contributed by atoms with van der Waals surface area (Å²) in [6.07, 6.45) is 2.37. The van der Waals surface area contributed by atoms with Gasteiger partial charge in [0.2, 0.25) is 0 Å². The number of methoxy groups -OCH3 is 1. The zero-order chi connectivity index (χ0) is 19.9. The van der Waals surface area contributed by atoms with E-state index in [0.29, 0.717) is 29.6 Å². The van der Waals surface area contributed by atoms with Crippen molar-refractivity contribution in [2.45, 2.75) is 32.8 Å². The summed E-state index contributed by atoms with van der Waals surface area (Å²) in [6, 6.07) is 18.2. The third kappa shape index (κ3) is 4.56. The van der Waals surface area contributed by atoms with E-state index >= 15 is 0 Å². The number of hydrogen-bond donors (Lipinski definition) is 0. The highest BCUT2D eigenvalue weighted by molar-refractivity contribution is 6.30. The molecule has 3 aromatic rings. The summed E-state index contributed by atoms with van der Waals surface area (Å²) < 4.78 is 5.14. The third-order valence-corrected chi connectivity index (χ3v) is 4.83. The SMILES string of the molecule is CCCc1nc(COC)nc(Cl)c1Cc1ccc(-c2ccccc2)c(C#N)c1. The predicted octanol–water partition coefficient (Wildman–Crippen LogP) is 5.36. The van der Waals surface area contributed by atoms with Gasteiger partial charge in [-0.3, -0.25) is 0 Å². The molecule has 0 unspecified atom stereocenters. The van der Waals surface area contributed by atoms with Gasteiger partial charge in [-0.15, -0.1) is 0 Å². The first-order valence-electron chi connectivity index (χ1n) is 9.27. The Hall–Kier alpha value is -2.74. The molecule has 5 heteroatoms. The quantitative estimate of drug-likeness (QED) is 0.509. The largest absolute Gasteiger partial charge is 0.377 e. The molecule has 4 nitrogen and oxygen atoms in total. The molecule has 0 fully saturated rings. The van der Waals surface area contributed by atoms with Gasteiger partial charge in [0.25, 0.3) is 0 Å². The molecule has 0 saturated carbocycles. The Labute approximate surface area is 170 Å². The minimum atomic E-state index is 0.334. The van der Waals surface area contributed by atoms with Gasteiger partial charge >= 0.3 is 0 Å². The first-order chi connectivity index (χ1) is 13.7. The second-order valence-corrected chi connectivity index (χ2v) is 6.93. The number of benzene rings is 2. The molecule has 0 spiro atoms. The van der Waals surface area contributed by atoms with Crippen LogP contribution < -0.4 is 0 Å². The van der Waals surface area contributed by atoms with Crippen LogP contribution in [0.25, 0.3) is 11.1 Å². The summed E-state index contributed by atoms with van der Waals surface area (Å²) in [5.41, 5.74) is 5.48. The minimum absolute atomic E-state index is 0.334. The second kappa shape index (κ2) is 9.45. The molecular formula is C23H22ClN3O. The highest BCUT2D eigenvalue weighted by Gasteiger charge is 2.15. The monoisotopic (exact) mass is 391 g/mol. The molecule has 0 aliphatic heterocycles. The second-order valence-electron chi connectivity index (χ2n) is 6.57. The van der Waals surface area contributed by atoms with Crippen LogP contribution in [0.1, 0.15) is 41.6 Å². The number of aryl methyl sites for hydroxylation is 1. The molecule has 0 atom stereocenters. The Morgan fingerprint density at radius 2 is 1.89 bits per heavy atom. The molecule has 2 aromatic carbocycles. The maximum absolute atomic E-state index is 9.64. The molecule has 0 aliphatic carbocycles. The first kappa shape index (κ1) is 20.0. The molecule has 3 rings (SSSR count). The standard InChI is InChI=1S/C23H22ClN3O/c1-3-7-21-20(23(24)27-22(26-21)15-28-2)13-16-10-11-19(18(12-16)14-25)17-8-5-4-6-9-17/h4-6,8-12H,3,7,13,15H2,1-2H3. The topological polar surface area (TPSA) is 58.8 Å². The van der Waals surface area contributed by atoms with Gasteiger partial charge < -0.3 is 4.74 Å². The van der Waals surface area contributed by atoms with Crippen LogP contribution in [0, 0.1) is 11.3 Å². The molecule has 0 radical (unpaired) electrons. The smallest absolute Gasteiger partial charge is 0.155 e. The molecule has 142 valence electrons. The molecule has 0 saturated heterocycles. The lowest BCUT2D eigenvalue weighted by Crippen LogP contribution is -2.07. The summed E-state index contributed by atoms with van der Waals surface area (Å²) in [5, 5.41) is 10.1. The number of aromatic nitrogens is 2. The average molecular weight is 392 g/mol. The van der Waals surface area contributed by atoms with Gasteiger partial charge in [-0.05, 0) is 29.2 Å². The summed E-state index contributed by atoms with van der Waals surface area (Å²) in [4.78, 5) is 9.01. The van der Waals surface area contributed by atoms with E-state index in [-0.39, 0.29) is 0 Å². The fourth-order valence-electron chi connectivity index (χ4n) is 3.23. The lowest BCUT2D eigenvalue weighted by Gasteiger charge is -2.13. The number of nitriles is 1. The first-order valence-corrected chi connectivity index (χ1v) is 9.65. The van der Waals surface area contributed by atoms with Crippen LogP contribution >= 0.6 is 11.6 Å².